The third-order valence-electron chi connectivity index (χ3n) is 6.35. The van der Waals surface area contributed by atoms with Crippen molar-refractivity contribution in [1.29, 1.82) is 0 Å². The van der Waals surface area contributed by atoms with Crippen LogP contribution in [0.5, 0.6) is 0 Å². The number of ether oxygens (including phenoxy) is 1. The molecule has 2 amide bonds. The minimum Gasteiger partial charge on any atom is -0.378 e. The zero-order valence-electron chi connectivity index (χ0n) is 19.8. The molecule has 184 valence electrons. The molecule has 1 unspecified atom stereocenters. The molecule has 0 radical (unpaired) electrons. The van der Waals surface area contributed by atoms with Crippen LogP contribution in [-0.4, -0.2) is 52.8 Å². The molecule has 36 heavy (non-hydrogen) atoms. The van der Waals surface area contributed by atoms with Crippen LogP contribution in [0.1, 0.15) is 27.4 Å². The van der Waals surface area contributed by atoms with Crippen LogP contribution in [0.25, 0.3) is 10.9 Å². The molecular weight excluding hydrogens is 476 g/mol. The van der Waals surface area contributed by atoms with Crippen molar-refractivity contribution in [3.05, 3.63) is 101 Å². The Bertz CT molecular complexity index is 1370. The number of hydrogen-bond donors (Lipinski definition) is 1. The first-order valence-corrected chi connectivity index (χ1v) is 12.4. The Kier molecular flexibility index (Phi) is 7.30. The third-order valence-corrected chi connectivity index (χ3v) is 6.59. The monoisotopic (exact) mass is 502 g/mol. The van der Waals surface area contributed by atoms with Crippen molar-refractivity contribution in [3.63, 3.8) is 0 Å². The predicted octanol–water partition coefficient (Wildman–Crippen LogP) is 4.26. The summed E-state index contributed by atoms with van der Waals surface area (Å²) >= 11 is 6.03. The van der Waals surface area contributed by atoms with Gasteiger partial charge in [0.25, 0.3) is 5.91 Å². The molecule has 1 saturated heterocycles. The first-order chi connectivity index (χ1) is 17.6. The van der Waals surface area contributed by atoms with Crippen molar-refractivity contribution in [3.8, 4) is 0 Å². The first kappa shape index (κ1) is 24.0. The van der Waals surface area contributed by atoms with Crippen molar-refractivity contribution in [2.45, 2.75) is 19.0 Å². The Hall–Kier alpha value is -3.68. The number of nitrogens with one attached hydrogen (secondary N) is 1. The number of carbonyl (C=O) groups excluding carboxylic acids is 2. The molecule has 1 fully saturated rings. The maximum Gasteiger partial charge on any atom is 0.251 e. The number of hydrogen-bond acceptors (Lipinski definition) is 4. The van der Waals surface area contributed by atoms with Crippen LogP contribution >= 0.6 is 11.6 Å². The van der Waals surface area contributed by atoms with Crippen molar-refractivity contribution >= 4 is 34.3 Å². The Morgan fingerprint density at radius 2 is 1.81 bits per heavy atom. The number of morpholine rings is 1. The summed E-state index contributed by atoms with van der Waals surface area (Å²) in [5.74, 6) is -0.472. The fourth-order valence-electron chi connectivity index (χ4n) is 4.44. The fraction of sp³-hybridized carbons (Fsp3) is 0.250. The van der Waals surface area contributed by atoms with E-state index in [1.165, 1.54) is 0 Å². The second kappa shape index (κ2) is 10.9. The molecule has 7 nitrogen and oxygen atoms in total. The average Bonchev–Trinajstić information content (AvgIpc) is 3.33. The van der Waals surface area contributed by atoms with Gasteiger partial charge in [-0.2, -0.15) is 5.10 Å². The van der Waals surface area contributed by atoms with Gasteiger partial charge in [-0.15, -0.1) is 0 Å². The predicted molar refractivity (Wildman–Crippen MR) is 139 cm³/mol. The smallest absolute Gasteiger partial charge is 0.251 e. The van der Waals surface area contributed by atoms with E-state index in [1.54, 1.807) is 22.9 Å². The Balaban J connectivity index is 1.33. The normalized spacial score (nSPS) is 14.5. The second-order valence-electron chi connectivity index (χ2n) is 8.84. The molecule has 4 aromatic rings. The van der Waals surface area contributed by atoms with Crippen LogP contribution < -0.4 is 5.32 Å². The highest BCUT2D eigenvalue weighted by Gasteiger charge is 2.28. The second-order valence-corrected chi connectivity index (χ2v) is 9.27. The van der Waals surface area contributed by atoms with Crippen LogP contribution in [0.2, 0.25) is 5.02 Å². The van der Waals surface area contributed by atoms with E-state index in [9.17, 15) is 9.59 Å². The highest BCUT2D eigenvalue weighted by Crippen LogP contribution is 2.23. The van der Waals surface area contributed by atoms with E-state index in [1.807, 2.05) is 65.7 Å². The van der Waals surface area contributed by atoms with Crippen molar-refractivity contribution in [2.24, 2.45) is 0 Å². The lowest BCUT2D eigenvalue weighted by Gasteiger charge is -2.30. The number of nitrogens with zero attached hydrogens (tertiary/aromatic N) is 3. The number of fused-ring (bicyclic) bond motifs is 1. The summed E-state index contributed by atoms with van der Waals surface area (Å²) in [5, 5.41) is 9.17. The van der Waals surface area contributed by atoms with E-state index < -0.39 is 0 Å². The summed E-state index contributed by atoms with van der Waals surface area (Å²) in [6, 6.07) is 22.6. The molecular formula is C28H27ClN4O3. The lowest BCUT2D eigenvalue weighted by Crippen LogP contribution is -2.44. The van der Waals surface area contributed by atoms with Crippen molar-refractivity contribution < 1.29 is 14.3 Å². The van der Waals surface area contributed by atoms with Gasteiger partial charge in [-0.05, 0) is 35.4 Å². The number of amides is 2. The standard InChI is InChI=1S/C28H27ClN4O3/c29-24-8-4-5-20(15-24)17-30-27(34)22-9-10-23-18-33(31-26(23)16-22)19-25(21-6-2-1-3-7-21)28(35)32-11-13-36-14-12-32/h1-10,15-16,18,25H,11-14,17,19H2,(H,30,34). The van der Waals surface area contributed by atoms with E-state index in [-0.39, 0.29) is 17.7 Å². The summed E-state index contributed by atoms with van der Waals surface area (Å²) in [6.07, 6.45) is 1.92. The SMILES string of the molecule is O=C(NCc1cccc(Cl)c1)c1ccc2cn(CC(C(=O)N3CCOCC3)c3ccccc3)nc2c1. The highest BCUT2D eigenvalue weighted by atomic mass is 35.5. The Morgan fingerprint density at radius 1 is 1.00 bits per heavy atom. The largest absolute Gasteiger partial charge is 0.378 e. The molecule has 8 heteroatoms. The molecule has 0 saturated carbocycles. The number of carbonyl (C=O) groups is 2. The average molecular weight is 503 g/mol. The van der Waals surface area contributed by atoms with Gasteiger partial charge < -0.3 is 15.0 Å². The molecule has 0 spiro atoms. The van der Waals surface area contributed by atoms with Gasteiger partial charge in [0, 0.05) is 41.8 Å². The zero-order valence-corrected chi connectivity index (χ0v) is 20.5. The molecule has 1 atom stereocenters. The van der Waals surface area contributed by atoms with Gasteiger partial charge in [-0.25, -0.2) is 0 Å². The van der Waals surface area contributed by atoms with Gasteiger partial charge in [-0.3, -0.25) is 14.3 Å². The highest BCUT2D eigenvalue weighted by molar-refractivity contribution is 6.30. The first-order valence-electron chi connectivity index (χ1n) is 12.0. The fourth-order valence-corrected chi connectivity index (χ4v) is 4.65. The summed E-state index contributed by atoms with van der Waals surface area (Å²) in [6.45, 7) is 3.09. The molecule has 0 bridgehead atoms. The van der Waals surface area contributed by atoms with Crippen LogP contribution in [0.3, 0.4) is 0 Å². The van der Waals surface area contributed by atoms with Crippen LogP contribution in [0, 0.1) is 0 Å². The molecule has 1 aliphatic heterocycles. The van der Waals surface area contributed by atoms with Gasteiger partial charge in [0.1, 0.15) is 0 Å². The topological polar surface area (TPSA) is 76.5 Å². The lowest BCUT2D eigenvalue weighted by molar-refractivity contribution is -0.137. The van der Waals surface area contributed by atoms with Crippen molar-refractivity contribution in [1.82, 2.24) is 20.0 Å². The molecule has 1 aliphatic rings. The molecule has 1 N–H and O–H groups in total. The molecule has 0 aliphatic carbocycles. The lowest BCUT2D eigenvalue weighted by atomic mass is 9.97. The number of benzene rings is 3. The molecule has 5 rings (SSSR count). The van der Waals surface area contributed by atoms with E-state index in [0.717, 1.165) is 16.5 Å². The minimum atomic E-state index is -0.362. The Labute approximate surface area is 214 Å². The van der Waals surface area contributed by atoms with Gasteiger partial charge >= 0.3 is 0 Å². The molecule has 3 aromatic carbocycles. The third kappa shape index (κ3) is 5.58. The summed E-state index contributed by atoms with van der Waals surface area (Å²) < 4.78 is 7.22. The summed E-state index contributed by atoms with van der Waals surface area (Å²) in [4.78, 5) is 28.0. The minimum absolute atomic E-state index is 0.0742. The summed E-state index contributed by atoms with van der Waals surface area (Å²) in [5.41, 5.74) is 3.11. The zero-order chi connectivity index (χ0) is 24.9. The van der Waals surface area contributed by atoms with Gasteiger partial charge in [-0.1, -0.05) is 60.1 Å². The number of rotatable bonds is 7. The number of halogens is 1. The van der Waals surface area contributed by atoms with Gasteiger partial charge in [0.2, 0.25) is 5.91 Å². The van der Waals surface area contributed by atoms with Crippen LogP contribution in [-0.2, 0) is 22.6 Å². The van der Waals surface area contributed by atoms with Gasteiger partial charge in [0.05, 0.1) is 31.2 Å². The van der Waals surface area contributed by atoms with E-state index in [4.69, 9.17) is 21.4 Å². The number of aromatic nitrogens is 2. The molecule has 1 aromatic heterocycles. The van der Waals surface area contributed by atoms with Gasteiger partial charge in [0.15, 0.2) is 0 Å². The maximum absolute atomic E-state index is 13.4. The van der Waals surface area contributed by atoms with Crippen LogP contribution in [0.4, 0.5) is 0 Å². The molecule has 2 heterocycles. The summed E-state index contributed by atoms with van der Waals surface area (Å²) in [7, 11) is 0. The van der Waals surface area contributed by atoms with Crippen molar-refractivity contribution in [2.75, 3.05) is 26.3 Å². The quantitative estimate of drug-likeness (QED) is 0.409. The van der Waals surface area contributed by atoms with E-state index >= 15 is 0 Å². The van der Waals surface area contributed by atoms with E-state index in [0.29, 0.717) is 55.5 Å². The van der Waals surface area contributed by atoms with E-state index in [2.05, 4.69) is 5.32 Å². The maximum atomic E-state index is 13.4. The van der Waals surface area contributed by atoms with Crippen LogP contribution in [0.15, 0.2) is 79.0 Å². The Morgan fingerprint density at radius 3 is 2.58 bits per heavy atom.